The summed E-state index contributed by atoms with van der Waals surface area (Å²) in [5.74, 6) is -0.470. The maximum atomic E-state index is 12.6. The molecule has 9 heteroatoms. The monoisotopic (exact) mass is 428 g/mol. The molecule has 6 nitrogen and oxygen atoms in total. The summed E-state index contributed by atoms with van der Waals surface area (Å²) < 4.78 is 0.861. The minimum absolute atomic E-state index is 0.174. The lowest BCUT2D eigenvalue weighted by Gasteiger charge is -2.02. The van der Waals surface area contributed by atoms with E-state index < -0.39 is 0 Å². The fraction of sp³-hybridized carbons (Fsp3) is 0.0526. The molecule has 0 aliphatic heterocycles. The number of hydrogen-bond donors (Lipinski definition) is 2. The maximum Gasteiger partial charge on any atom is 0.275 e. The van der Waals surface area contributed by atoms with Crippen molar-refractivity contribution in [3.63, 3.8) is 0 Å². The number of nitrogens with zero attached hydrogens (tertiary/aromatic N) is 2. The number of benzene rings is 2. The van der Waals surface area contributed by atoms with Crippen LogP contribution in [0.1, 0.15) is 17.4 Å². The molecule has 0 spiro atoms. The molecule has 0 aliphatic rings. The first-order chi connectivity index (χ1) is 13.5. The second-order valence-electron chi connectivity index (χ2n) is 5.89. The molecular weight excluding hydrogens is 416 g/mol. The summed E-state index contributed by atoms with van der Waals surface area (Å²) in [6, 6.07) is 12.7. The predicted octanol–water partition coefficient (Wildman–Crippen LogP) is 5.28. The normalized spacial score (nSPS) is 10.8. The highest BCUT2D eigenvalue weighted by Crippen LogP contribution is 2.29. The molecule has 2 aromatic carbocycles. The van der Waals surface area contributed by atoms with Crippen molar-refractivity contribution in [1.29, 1.82) is 0 Å². The van der Waals surface area contributed by atoms with Crippen molar-refractivity contribution in [2.45, 2.75) is 6.92 Å². The SMILES string of the molecule is CC(=O)Nc1nc2ccc(NC(=O)c3csc(-c4cccc(Cl)c4)n3)cc2s1. The van der Waals surface area contributed by atoms with Crippen LogP contribution in [0.15, 0.2) is 47.8 Å². The third-order valence-corrected chi connectivity index (χ3v) is 5.80. The average Bonchev–Trinajstić information content (AvgIpc) is 3.27. The van der Waals surface area contributed by atoms with Crippen molar-refractivity contribution in [3.05, 3.63) is 58.6 Å². The Balaban J connectivity index is 1.52. The Morgan fingerprint density at radius 2 is 1.93 bits per heavy atom. The standard InChI is InChI=1S/C19H13ClN4O2S2/c1-10(25)21-19-24-14-6-5-13(8-16(14)28-19)22-17(26)15-9-27-18(23-15)11-3-2-4-12(20)7-11/h2-9H,1H3,(H,22,26)(H,21,24,25). The fourth-order valence-electron chi connectivity index (χ4n) is 2.53. The summed E-state index contributed by atoms with van der Waals surface area (Å²) in [6.07, 6.45) is 0. The molecule has 0 unspecified atom stereocenters. The molecular formula is C19H13ClN4O2S2. The van der Waals surface area contributed by atoms with E-state index in [4.69, 9.17) is 11.6 Å². The summed E-state index contributed by atoms with van der Waals surface area (Å²) >= 11 is 8.75. The molecule has 0 aliphatic carbocycles. The number of thiazole rings is 2. The van der Waals surface area contributed by atoms with Crippen molar-refractivity contribution in [2.75, 3.05) is 10.6 Å². The van der Waals surface area contributed by atoms with Gasteiger partial charge in [-0.1, -0.05) is 35.1 Å². The highest BCUT2D eigenvalue weighted by molar-refractivity contribution is 7.22. The smallest absolute Gasteiger partial charge is 0.275 e. The van der Waals surface area contributed by atoms with Gasteiger partial charge in [0, 0.05) is 28.6 Å². The number of carbonyl (C=O) groups excluding carboxylic acids is 2. The Labute approximate surface area is 173 Å². The minimum Gasteiger partial charge on any atom is -0.321 e. The molecule has 0 saturated heterocycles. The van der Waals surface area contributed by atoms with Crippen LogP contribution in [0.2, 0.25) is 5.02 Å². The number of fused-ring (bicyclic) bond motifs is 1. The number of halogens is 1. The van der Waals surface area contributed by atoms with Crippen LogP contribution >= 0.6 is 34.3 Å². The van der Waals surface area contributed by atoms with E-state index in [2.05, 4.69) is 20.6 Å². The van der Waals surface area contributed by atoms with Crippen molar-refractivity contribution in [3.8, 4) is 10.6 Å². The Morgan fingerprint density at radius 1 is 1.07 bits per heavy atom. The minimum atomic E-state index is -0.296. The summed E-state index contributed by atoms with van der Waals surface area (Å²) in [4.78, 5) is 32.5. The zero-order valence-corrected chi connectivity index (χ0v) is 16.9. The first-order valence-corrected chi connectivity index (χ1v) is 10.3. The number of amides is 2. The molecule has 2 amide bonds. The molecule has 4 rings (SSSR count). The maximum absolute atomic E-state index is 12.6. The van der Waals surface area contributed by atoms with E-state index in [9.17, 15) is 9.59 Å². The van der Waals surface area contributed by atoms with Crippen LogP contribution in [-0.2, 0) is 4.79 Å². The Kier molecular flexibility index (Phi) is 5.08. The lowest BCUT2D eigenvalue weighted by Crippen LogP contribution is -2.12. The molecule has 2 aromatic heterocycles. The van der Waals surface area contributed by atoms with Gasteiger partial charge in [-0.3, -0.25) is 9.59 Å². The van der Waals surface area contributed by atoms with E-state index in [0.29, 0.717) is 21.5 Å². The third-order valence-electron chi connectivity index (χ3n) is 3.74. The average molecular weight is 429 g/mol. The van der Waals surface area contributed by atoms with Crippen molar-refractivity contribution < 1.29 is 9.59 Å². The topological polar surface area (TPSA) is 84.0 Å². The summed E-state index contributed by atoms with van der Waals surface area (Å²) in [6.45, 7) is 1.43. The number of hydrogen-bond acceptors (Lipinski definition) is 6. The van der Waals surface area contributed by atoms with Gasteiger partial charge in [-0.05, 0) is 30.3 Å². The molecule has 0 fully saturated rings. The van der Waals surface area contributed by atoms with E-state index >= 15 is 0 Å². The van der Waals surface area contributed by atoms with Gasteiger partial charge >= 0.3 is 0 Å². The van der Waals surface area contributed by atoms with Gasteiger partial charge in [0.05, 0.1) is 10.2 Å². The summed E-state index contributed by atoms with van der Waals surface area (Å²) in [5.41, 5.74) is 2.59. The Hall–Kier alpha value is -2.81. The van der Waals surface area contributed by atoms with Crippen LogP contribution in [0.25, 0.3) is 20.8 Å². The zero-order chi connectivity index (χ0) is 19.7. The number of rotatable bonds is 4. The van der Waals surface area contributed by atoms with Crippen LogP contribution in [0, 0.1) is 0 Å². The van der Waals surface area contributed by atoms with Gasteiger partial charge < -0.3 is 10.6 Å². The lowest BCUT2D eigenvalue weighted by molar-refractivity contribution is -0.114. The number of carbonyl (C=O) groups is 2. The second-order valence-corrected chi connectivity index (χ2v) is 8.21. The van der Waals surface area contributed by atoms with E-state index in [0.717, 1.165) is 20.8 Å². The first kappa shape index (κ1) is 18.5. The fourth-order valence-corrected chi connectivity index (χ4v) is 4.47. The van der Waals surface area contributed by atoms with Crippen molar-refractivity contribution in [2.24, 2.45) is 0 Å². The summed E-state index contributed by atoms with van der Waals surface area (Å²) in [7, 11) is 0. The highest BCUT2D eigenvalue weighted by atomic mass is 35.5. The zero-order valence-electron chi connectivity index (χ0n) is 14.5. The first-order valence-electron chi connectivity index (χ1n) is 8.19. The van der Waals surface area contributed by atoms with Crippen LogP contribution in [0.3, 0.4) is 0 Å². The van der Waals surface area contributed by atoms with Crippen LogP contribution in [0.5, 0.6) is 0 Å². The van der Waals surface area contributed by atoms with Gasteiger partial charge in [0.1, 0.15) is 10.7 Å². The molecule has 4 aromatic rings. The molecule has 0 radical (unpaired) electrons. The molecule has 0 bridgehead atoms. The molecule has 140 valence electrons. The second kappa shape index (κ2) is 7.67. The van der Waals surface area contributed by atoms with E-state index in [-0.39, 0.29) is 11.8 Å². The third kappa shape index (κ3) is 4.04. The quantitative estimate of drug-likeness (QED) is 0.463. The molecule has 0 saturated carbocycles. The van der Waals surface area contributed by atoms with Gasteiger partial charge in [-0.25, -0.2) is 9.97 Å². The molecule has 2 N–H and O–H groups in total. The van der Waals surface area contributed by atoms with Gasteiger partial charge in [-0.2, -0.15) is 0 Å². The molecule has 0 atom stereocenters. The van der Waals surface area contributed by atoms with Crippen molar-refractivity contribution >= 4 is 67.1 Å². The van der Waals surface area contributed by atoms with Crippen LogP contribution in [-0.4, -0.2) is 21.8 Å². The van der Waals surface area contributed by atoms with E-state index in [1.165, 1.54) is 29.6 Å². The van der Waals surface area contributed by atoms with Gasteiger partial charge in [-0.15, -0.1) is 11.3 Å². The number of nitrogens with one attached hydrogen (secondary N) is 2. The van der Waals surface area contributed by atoms with Crippen LogP contribution in [0.4, 0.5) is 10.8 Å². The Morgan fingerprint density at radius 3 is 2.71 bits per heavy atom. The highest BCUT2D eigenvalue weighted by Gasteiger charge is 2.13. The molecule has 2 heterocycles. The van der Waals surface area contributed by atoms with Gasteiger partial charge in [0.2, 0.25) is 5.91 Å². The predicted molar refractivity (Wildman–Crippen MR) is 114 cm³/mol. The lowest BCUT2D eigenvalue weighted by atomic mass is 10.2. The van der Waals surface area contributed by atoms with E-state index in [1.54, 1.807) is 23.6 Å². The van der Waals surface area contributed by atoms with E-state index in [1.807, 2.05) is 24.3 Å². The summed E-state index contributed by atoms with van der Waals surface area (Å²) in [5, 5.41) is 9.10. The van der Waals surface area contributed by atoms with Crippen molar-refractivity contribution in [1.82, 2.24) is 9.97 Å². The largest absolute Gasteiger partial charge is 0.321 e. The number of aromatic nitrogens is 2. The van der Waals surface area contributed by atoms with Crippen LogP contribution < -0.4 is 10.6 Å². The van der Waals surface area contributed by atoms with Gasteiger partial charge in [0.25, 0.3) is 5.91 Å². The van der Waals surface area contributed by atoms with Gasteiger partial charge in [0.15, 0.2) is 5.13 Å². The molecule has 28 heavy (non-hydrogen) atoms. The Bertz CT molecular complexity index is 1200. The number of anilines is 2.